The molecule has 1 aromatic rings. The van der Waals surface area contributed by atoms with Crippen LogP contribution in [0.4, 0.5) is 4.39 Å². The van der Waals surface area contributed by atoms with Crippen LogP contribution in [0.5, 0.6) is 11.6 Å². The lowest BCUT2D eigenvalue weighted by Gasteiger charge is -2.05. The van der Waals surface area contributed by atoms with Crippen LogP contribution in [0, 0.1) is 5.82 Å². The highest BCUT2D eigenvalue weighted by Crippen LogP contribution is 2.24. The zero-order chi connectivity index (χ0) is 9.26. The molecule has 2 heterocycles. The van der Waals surface area contributed by atoms with Crippen LogP contribution in [-0.4, -0.2) is 23.2 Å². The first-order chi connectivity index (χ1) is 6.27. The van der Waals surface area contributed by atoms with Gasteiger partial charge in [-0.3, -0.25) is 0 Å². The van der Waals surface area contributed by atoms with E-state index in [0.717, 1.165) is 6.07 Å². The first-order valence-corrected chi connectivity index (χ1v) is 3.99. The van der Waals surface area contributed by atoms with E-state index in [1.807, 2.05) is 0 Å². The molecule has 5 heteroatoms. The first-order valence-electron chi connectivity index (χ1n) is 3.99. The summed E-state index contributed by atoms with van der Waals surface area (Å²) in [5.74, 6) is -0.924. The Kier molecular flexibility index (Phi) is 2.02. The van der Waals surface area contributed by atoms with Crippen LogP contribution in [0.1, 0.15) is 5.69 Å². The maximum Gasteiger partial charge on any atom is 0.248 e. The Bertz CT molecular complexity index is 299. The van der Waals surface area contributed by atoms with Crippen molar-refractivity contribution in [2.75, 3.05) is 13.2 Å². The van der Waals surface area contributed by atoms with Gasteiger partial charge in [0.05, 0.1) is 0 Å². The summed E-state index contributed by atoms with van der Waals surface area (Å²) >= 11 is 0. The van der Waals surface area contributed by atoms with Gasteiger partial charge in [-0.2, -0.15) is 0 Å². The highest BCUT2D eigenvalue weighted by atomic mass is 19.1. The maximum absolute atomic E-state index is 12.8. The Hall–Kier alpha value is -1.36. The van der Waals surface area contributed by atoms with E-state index in [2.05, 4.69) is 10.3 Å². The van der Waals surface area contributed by atoms with Crippen molar-refractivity contribution in [2.45, 2.75) is 6.54 Å². The van der Waals surface area contributed by atoms with Crippen molar-refractivity contribution in [3.8, 4) is 11.6 Å². The van der Waals surface area contributed by atoms with Crippen molar-refractivity contribution in [1.82, 2.24) is 10.3 Å². The number of aromatic hydroxyl groups is 1. The van der Waals surface area contributed by atoms with E-state index >= 15 is 0 Å². The van der Waals surface area contributed by atoms with Gasteiger partial charge in [-0.25, -0.2) is 9.37 Å². The highest BCUT2D eigenvalue weighted by molar-refractivity contribution is 5.32. The maximum atomic E-state index is 12.8. The predicted molar refractivity (Wildman–Crippen MR) is 43.1 cm³/mol. The first kappa shape index (κ1) is 8.25. The average molecular weight is 184 g/mol. The molecular formula is C8H9FN2O2. The number of rotatable bonds is 0. The molecule has 0 atom stereocenters. The van der Waals surface area contributed by atoms with E-state index in [0.29, 0.717) is 31.1 Å². The lowest BCUT2D eigenvalue weighted by atomic mass is 10.3. The summed E-state index contributed by atoms with van der Waals surface area (Å²) in [5, 5.41) is 12.0. The van der Waals surface area contributed by atoms with E-state index < -0.39 is 11.7 Å². The molecule has 2 N–H and O–H groups in total. The standard InChI is InChI=1S/C8H9FN2O2/c9-5-3-7-6(11-8(5)12)4-10-1-2-13-7/h3,10H,1-2,4H2,(H,11,12). The summed E-state index contributed by atoms with van der Waals surface area (Å²) in [6.07, 6.45) is 0. The molecule has 0 saturated carbocycles. The molecule has 0 aromatic carbocycles. The van der Waals surface area contributed by atoms with Gasteiger partial charge in [-0.1, -0.05) is 0 Å². The summed E-state index contributed by atoms with van der Waals surface area (Å²) in [6.45, 7) is 1.67. The third-order valence-electron chi connectivity index (χ3n) is 1.83. The molecule has 0 bridgehead atoms. The van der Waals surface area contributed by atoms with Crippen LogP contribution < -0.4 is 10.1 Å². The fraction of sp³-hybridized carbons (Fsp3) is 0.375. The van der Waals surface area contributed by atoms with Crippen molar-refractivity contribution in [1.29, 1.82) is 0 Å². The quantitative estimate of drug-likeness (QED) is 0.613. The Morgan fingerprint density at radius 2 is 2.46 bits per heavy atom. The van der Waals surface area contributed by atoms with E-state index in [9.17, 15) is 4.39 Å². The molecule has 13 heavy (non-hydrogen) atoms. The molecule has 0 fully saturated rings. The Balaban J connectivity index is 2.43. The summed E-state index contributed by atoms with van der Waals surface area (Å²) in [7, 11) is 0. The molecule has 1 aliphatic rings. The van der Waals surface area contributed by atoms with Gasteiger partial charge < -0.3 is 15.2 Å². The Labute approximate surface area is 74.4 Å². The second-order valence-electron chi connectivity index (χ2n) is 2.76. The van der Waals surface area contributed by atoms with E-state index in [4.69, 9.17) is 9.84 Å². The number of hydrogen-bond acceptors (Lipinski definition) is 4. The lowest BCUT2D eigenvalue weighted by Crippen LogP contribution is -2.16. The largest absolute Gasteiger partial charge is 0.491 e. The second-order valence-corrected chi connectivity index (χ2v) is 2.76. The third-order valence-corrected chi connectivity index (χ3v) is 1.83. The second kappa shape index (κ2) is 3.18. The van der Waals surface area contributed by atoms with Crippen molar-refractivity contribution in [3.63, 3.8) is 0 Å². The molecule has 0 saturated heterocycles. The van der Waals surface area contributed by atoms with Gasteiger partial charge in [0.25, 0.3) is 0 Å². The fourth-order valence-electron chi connectivity index (χ4n) is 1.19. The number of pyridine rings is 1. The average Bonchev–Trinajstić information content (AvgIpc) is 2.31. The number of nitrogens with zero attached hydrogens (tertiary/aromatic N) is 1. The molecule has 1 aromatic heterocycles. The van der Waals surface area contributed by atoms with Crippen LogP contribution in [0.25, 0.3) is 0 Å². The van der Waals surface area contributed by atoms with Crippen LogP contribution >= 0.6 is 0 Å². The van der Waals surface area contributed by atoms with Gasteiger partial charge in [0.2, 0.25) is 5.88 Å². The van der Waals surface area contributed by atoms with Crippen molar-refractivity contribution in [2.24, 2.45) is 0 Å². The fourth-order valence-corrected chi connectivity index (χ4v) is 1.19. The van der Waals surface area contributed by atoms with Crippen LogP contribution in [-0.2, 0) is 6.54 Å². The lowest BCUT2D eigenvalue weighted by molar-refractivity contribution is 0.320. The zero-order valence-electron chi connectivity index (χ0n) is 6.88. The molecule has 2 rings (SSSR count). The number of ether oxygens (including phenoxy) is 1. The summed E-state index contributed by atoms with van der Waals surface area (Å²) < 4.78 is 18.0. The minimum atomic E-state index is -0.749. The number of nitrogens with one attached hydrogen (secondary N) is 1. The molecule has 0 amide bonds. The van der Waals surface area contributed by atoms with Crippen LogP contribution in [0.15, 0.2) is 6.07 Å². The molecule has 0 unspecified atom stereocenters. The molecule has 0 radical (unpaired) electrons. The van der Waals surface area contributed by atoms with Gasteiger partial charge in [-0.15, -0.1) is 0 Å². The molecular weight excluding hydrogens is 175 g/mol. The third kappa shape index (κ3) is 1.55. The molecule has 0 aliphatic carbocycles. The number of halogens is 1. The molecule has 0 spiro atoms. The normalized spacial score (nSPS) is 15.8. The minimum absolute atomic E-state index is 0.403. The smallest absolute Gasteiger partial charge is 0.248 e. The van der Waals surface area contributed by atoms with E-state index in [1.54, 1.807) is 0 Å². The van der Waals surface area contributed by atoms with E-state index in [-0.39, 0.29) is 0 Å². The van der Waals surface area contributed by atoms with Crippen LogP contribution in [0.3, 0.4) is 0 Å². The SMILES string of the molecule is Oc1nc2c(cc1F)OCCNC2. The predicted octanol–water partition coefficient (Wildman–Crippen LogP) is 0.408. The van der Waals surface area contributed by atoms with Crippen molar-refractivity contribution < 1.29 is 14.2 Å². The Morgan fingerprint density at radius 1 is 1.62 bits per heavy atom. The minimum Gasteiger partial charge on any atom is -0.491 e. The summed E-state index contributed by atoms with van der Waals surface area (Å²) in [5.41, 5.74) is 0.538. The zero-order valence-corrected chi connectivity index (χ0v) is 6.88. The molecule has 4 nitrogen and oxygen atoms in total. The highest BCUT2D eigenvalue weighted by Gasteiger charge is 2.14. The van der Waals surface area contributed by atoms with Gasteiger partial charge in [0, 0.05) is 19.2 Å². The summed E-state index contributed by atoms with van der Waals surface area (Å²) in [6, 6.07) is 1.16. The van der Waals surface area contributed by atoms with Crippen LogP contribution in [0.2, 0.25) is 0 Å². The van der Waals surface area contributed by atoms with Gasteiger partial charge in [0.1, 0.15) is 18.1 Å². The van der Waals surface area contributed by atoms with Gasteiger partial charge in [-0.05, 0) is 0 Å². The van der Waals surface area contributed by atoms with Crippen molar-refractivity contribution >= 4 is 0 Å². The monoisotopic (exact) mass is 184 g/mol. The molecule has 1 aliphatic heterocycles. The van der Waals surface area contributed by atoms with Gasteiger partial charge in [0.15, 0.2) is 5.82 Å². The number of hydrogen-bond donors (Lipinski definition) is 2. The van der Waals surface area contributed by atoms with E-state index in [1.165, 1.54) is 0 Å². The Morgan fingerprint density at radius 3 is 3.31 bits per heavy atom. The topological polar surface area (TPSA) is 54.4 Å². The number of aromatic nitrogens is 1. The van der Waals surface area contributed by atoms with Gasteiger partial charge >= 0.3 is 0 Å². The van der Waals surface area contributed by atoms with Crippen molar-refractivity contribution in [3.05, 3.63) is 17.6 Å². The molecule has 70 valence electrons. The summed E-state index contributed by atoms with van der Waals surface area (Å²) in [4.78, 5) is 3.67. The number of fused-ring (bicyclic) bond motifs is 1.